The highest BCUT2D eigenvalue weighted by Gasteiger charge is 2.64. The molecule has 4 heterocycles. The molecule has 3 unspecified atom stereocenters. The summed E-state index contributed by atoms with van der Waals surface area (Å²) in [5, 5.41) is 9.50. The van der Waals surface area contributed by atoms with Gasteiger partial charge in [0, 0.05) is 37.1 Å². The van der Waals surface area contributed by atoms with Crippen LogP contribution in [0.15, 0.2) is 0 Å². The Hall–Kier alpha value is -1.34. The van der Waals surface area contributed by atoms with E-state index in [1.807, 2.05) is 0 Å². The van der Waals surface area contributed by atoms with Gasteiger partial charge in [-0.05, 0) is 50.4 Å². The molecule has 5 atom stereocenters. The number of rotatable bonds is 2. The summed E-state index contributed by atoms with van der Waals surface area (Å²) in [5.41, 5.74) is 0.273. The molecule has 0 aromatic carbocycles. The highest BCUT2D eigenvalue weighted by atomic mass is 16.5. The fraction of sp³-hybridized carbons (Fsp3) is 0.900. The standard InChI is InChI=1S/C20H29N3O4/c24-18(22-5-4-20(22)2-1-3-20)17-15-8-21(9-16(15)17)12-6-13-10-27-11-14(7-12)23(13)19(25)26/h12-17H,1-11H2,(H,25,26)/t12?,13?,14?,15-,16+,17?. The number of likely N-dealkylation sites (tertiary alicyclic amines) is 2. The van der Waals surface area contributed by atoms with Crippen LogP contribution < -0.4 is 0 Å². The average Bonchev–Trinajstić information content (AvgIpc) is 3.05. The van der Waals surface area contributed by atoms with Gasteiger partial charge in [0.1, 0.15) is 0 Å². The zero-order valence-electron chi connectivity index (χ0n) is 15.8. The van der Waals surface area contributed by atoms with E-state index in [2.05, 4.69) is 9.80 Å². The number of hydrogen-bond acceptors (Lipinski definition) is 4. The van der Waals surface area contributed by atoms with Gasteiger partial charge in [0.2, 0.25) is 5.91 Å². The summed E-state index contributed by atoms with van der Waals surface area (Å²) >= 11 is 0. The van der Waals surface area contributed by atoms with E-state index in [0.29, 0.717) is 37.0 Å². The second-order valence-corrected chi connectivity index (χ2v) is 9.79. The Balaban J connectivity index is 1.08. The van der Waals surface area contributed by atoms with Crippen LogP contribution in [0.3, 0.4) is 0 Å². The molecule has 7 heteroatoms. The molecule has 2 bridgehead atoms. The Morgan fingerprint density at radius 1 is 0.963 bits per heavy atom. The lowest BCUT2D eigenvalue weighted by Gasteiger charge is -2.59. The topological polar surface area (TPSA) is 73.3 Å². The maximum absolute atomic E-state index is 13.0. The number of carboxylic acid groups (broad SMARTS) is 1. The van der Waals surface area contributed by atoms with Crippen molar-refractivity contribution in [2.45, 2.75) is 62.2 Å². The number of piperidine rings is 2. The van der Waals surface area contributed by atoms with Crippen molar-refractivity contribution in [1.82, 2.24) is 14.7 Å². The van der Waals surface area contributed by atoms with Gasteiger partial charge in [0.05, 0.1) is 25.3 Å². The molecule has 148 valence electrons. The molecule has 7 nitrogen and oxygen atoms in total. The van der Waals surface area contributed by atoms with Gasteiger partial charge in [0.25, 0.3) is 0 Å². The first-order chi connectivity index (χ1) is 13.1. The van der Waals surface area contributed by atoms with Gasteiger partial charge in [-0.25, -0.2) is 4.79 Å². The Kier molecular flexibility index (Phi) is 3.44. The normalized spacial score (nSPS) is 44.4. The van der Waals surface area contributed by atoms with E-state index in [0.717, 1.165) is 32.5 Å². The van der Waals surface area contributed by atoms with Crippen molar-refractivity contribution in [2.75, 3.05) is 32.8 Å². The van der Waals surface area contributed by atoms with Crippen LogP contribution in [0.2, 0.25) is 0 Å². The number of fused-ring (bicyclic) bond motifs is 3. The molecule has 1 spiro atoms. The number of hydrogen-bond donors (Lipinski definition) is 1. The third-order valence-electron chi connectivity index (χ3n) is 8.66. The van der Waals surface area contributed by atoms with E-state index in [4.69, 9.17) is 4.74 Å². The van der Waals surface area contributed by atoms with E-state index < -0.39 is 6.09 Å². The minimum absolute atomic E-state index is 0.00563. The molecule has 4 saturated heterocycles. The lowest BCUT2D eigenvalue weighted by Crippen LogP contribution is -2.66. The molecule has 1 N–H and O–H groups in total. The van der Waals surface area contributed by atoms with Gasteiger partial charge >= 0.3 is 6.09 Å². The second kappa shape index (κ2) is 5.60. The van der Waals surface area contributed by atoms with Crippen LogP contribution in [-0.2, 0) is 9.53 Å². The average molecular weight is 375 g/mol. The lowest BCUT2D eigenvalue weighted by atomic mass is 9.67. The summed E-state index contributed by atoms with van der Waals surface area (Å²) in [5.74, 6) is 1.81. The fourth-order valence-electron chi connectivity index (χ4n) is 6.89. The Morgan fingerprint density at radius 3 is 2.11 bits per heavy atom. The molecule has 2 amide bonds. The van der Waals surface area contributed by atoms with Crippen LogP contribution in [0.4, 0.5) is 4.79 Å². The minimum Gasteiger partial charge on any atom is -0.465 e. The van der Waals surface area contributed by atoms with Gasteiger partial charge in [-0.1, -0.05) is 0 Å². The maximum atomic E-state index is 13.0. The van der Waals surface area contributed by atoms with Crippen LogP contribution in [0.5, 0.6) is 0 Å². The van der Waals surface area contributed by atoms with Crippen molar-refractivity contribution in [1.29, 1.82) is 0 Å². The van der Waals surface area contributed by atoms with E-state index in [1.54, 1.807) is 4.90 Å². The number of amides is 2. The highest BCUT2D eigenvalue weighted by Crippen LogP contribution is 2.57. The molecular formula is C20H29N3O4. The highest BCUT2D eigenvalue weighted by molar-refractivity contribution is 5.84. The van der Waals surface area contributed by atoms with Gasteiger partial charge in [-0.3, -0.25) is 14.6 Å². The van der Waals surface area contributed by atoms with Gasteiger partial charge in [0.15, 0.2) is 0 Å². The first-order valence-corrected chi connectivity index (χ1v) is 10.7. The molecule has 6 aliphatic rings. The third-order valence-corrected chi connectivity index (χ3v) is 8.66. The van der Waals surface area contributed by atoms with Crippen LogP contribution in [-0.4, -0.2) is 88.3 Å². The van der Waals surface area contributed by atoms with E-state index in [-0.39, 0.29) is 23.5 Å². The SMILES string of the molecule is O=C(O)N1C2COCC1CC(N1C[C@@H]3C(C(=O)N4CCC45CCC5)[C@@H]3C1)C2. The zero-order chi connectivity index (χ0) is 18.3. The van der Waals surface area contributed by atoms with Crippen molar-refractivity contribution in [3.05, 3.63) is 0 Å². The Morgan fingerprint density at radius 2 is 1.63 bits per heavy atom. The molecule has 6 fully saturated rings. The molecule has 0 aromatic rings. The van der Waals surface area contributed by atoms with E-state index >= 15 is 0 Å². The number of carbonyl (C=O) groups excluding carboxylic acids is 1. The summed E-state index contributed by atoms with van der Waals surface area (Å²) in [6.07, 6.45) is 5.89. The predicted octanol–water partition coefficient (Wildman–Crippen LogP) is 1.23. The van der Waals surface area contributed by atoms with E-state index in [9.17, 15) is 14.7 Å². The number of ether oxygens (including phenoxy) is 1. The van der Waals surface area contributed by atoms with Crippen LogP contribution in [0.1, 0.15) is 38.5 Å². The molecular weight excluding hydrogens is 346 g/mol. The van der Waals surface area contributed by atoms with Crippen LogP contribution in [0, 0.1) is 17.8 Å². The zero-order valence-corrected chi connectivity index (χ0v) is 15.8. The van der Waals surface area contributed by atoms with Crippen molar-refractivity contribution in [3.63, 3.8) is 0 Å². The lowest BCUT2D eigenvalue weighted by molar-refractivity contribution is -0.158. The second-order valence-electron chi connectivity index (χ2n) is 9.79. The first kappa shape index (κ1) is 16.6. The molecule has 2 saturated carbocycles. The Bertz CT molecular complexity index is 649. The van der Waals surface area contributed by atoms with Gasteiger partial charge < -0.3 is 14.7 Å². The third kappa shape index (κ3) is 2.27. The molecule has 0 aromatic heterocycles. The van der Waals surface area contributed by atoms with Crippen molar-refractivity contribution in [2.24, 2.45) is 17.8 Å². The summed E-state index contributed by atoms with van der Waals surface area (Å²) in [4.78, 5) is 31.0. The molecule has 6 rings (SSSR count). The summed E-state index contributed by atoms with van der Waals surface area (Å²) < 4.78 is 5.61. The monoisotopic (exact) mass is 375 g/mol. The summed E-state index contributed by atoms with van der Waals surface area (Å²) in [7, 11) is 0. The Labute approximate surface area is 159 Å². The first-order valence-electron chi connectivity index (χ1n) is 10.7. The number of carbonyl (C=O) groups is 2. The van der Waals surface area contributed by atoms with Crippen LogP contribution >= 0.6 is 0 Å². The van der Waals surface area contributed by atoms with Crippen molar-refractivity contribution in [3.8, 4) is 0 Å². The number of morpholine rings is 1. The quantitative estimate of drug-likeness (QED) is 0.786. The van der Waals surface area contributed by atoms with Gasteiger partial charge in [-0.15, -0.1) is 0 Å². The van der Waals surface area contributed by atoms with Gasteiger partial charge in [-0.2, -0.15) is 0 Å². The van der Waals surface area contributed by atoms with Crippen molar-refractivity contribution >= 4 is 12.0 Å². The largest absolute Gasteiger partial charge is 0.465 e. The van der Waals surface area contributed by atoms with E-state index in [1.165, 1.54) is 25.7 Å². The smallest absolute Gasteiger partial charge is 0.407 e. The van der Waals surface area contributed by atoms with Crippen molar-refractivity contribution < 1.29 is 19.4 Å². The molecule has 4 aliphatic heterocycles. The molecule has 27 heavy (non-hydrogen) atoms. The maximum Gasteiger partial charge on any atom is 0.407 e. The molecule has 0 radical (unpaired) electrons. The van der Waals surface area contributed by atoms with Crippen LogP contribution in [0.25, 0.3) is 0 Å². The summed E-state index contributed by atoms with van der Waals surface area (Å²) in [6, 6.07) is 0.438. The summed E-state index contributed by atoms with van der Waals surface area (Å²) in [6.45, 7) is 4.09. The fourth-order valence-corrected chi connectivity index (χ4v) is 6.89. The predicted molar refractivity (Wildman–Crippen MR) is 96.2 cm³/mol. The minimum atomic E-state index is -0.804. The number of nitrogens with zero attached hydrogens (tertiary/aromatic N) is 3. The molecule has 2 aliphatic carbocycles.